The molecule has 1 unspecified atom stereocenters. The van der Waals surface area contributed by atoms with Crippen molar-refractivity contribution in [2.24, 2.45) is 0 Å². The van der Waals surface area contributed by atoms with Gasteiger partial charge < -0.3 is 9.47 Å². The van der Waals surface area contributed by atoms with Crippen LogP contribution < -0.4 is 14.4 Å². The Morgan fingerprint density at radius 2 is 1.97 bits per heavy atom. The molecule has 0 N–H and O–H groups in total. The van der Waals surface area contributed by atoms with Gasteiger partial charge in [-0.05, 0) is 69.0 Å². The van der Waals surface area contributed by atoms with E-state index in [4.69, 9.17) is 21.1 Å². The number of carbonyl (C=O) groups is 1. The van der Waals surface area contributed by atoms with Crippen molar-refractivity contribution < 1.29 is 14.3 Å². The molecule has 0 bridgehead atoms. The Morgan fingerprint density at radius 1 is 1.21 bits per heavy atom. The number of rotatable bonds is 6. The van der Waals surface area contributed by atoms with E-state index in [-0.39, 0.29) is 12.0 Å². The molecule has 1 aromatic heterocycles. The number of carbonyl (C=O) groups excluding carboxylic acids is 1. The first-order valence-corrected chi connectivity index (χ1v) is 12.4. The summed E-state index contributed by atoms with van der Waals surface area (Å²) in [5.74, 6) is 0.978. The Bertz CT molecular complexity index is 1160. The van der Waals surface area contributed by atoms with E-state index in [1.54, 1.807) is 17.0 Å². The van der Waals surface area contributed by atoms with Gasteiger partial charge in [0.05, 0.1) is 11.8 Å². The van der Waals surface area contributed by atoms with Gasteiger partial charge in [0.2, 0.25) is 23.2 Å². The third-order valence-electron chi connectivity index (χ3n) is 5.02. The van der Waals surface area contributed by atoms with Crippen LogP contribution >= 0.6 is 23.4 Å². The molecular formula is C24H25ClN4O3S. The molecular weight excluding hydrogens is 460 g/mol. The molecule has 0 aliphatic carbocycles. The molecule has 0 fully saturated rings. The Balaban J connectivity index is 1.89. The predicted molar refractivity (Wildman–Crippen MR) is 130 cm³/mol. The number of fused-ring (bicyclic) bond motifs is 3. The first kappa shape index (κ1) is 23.3. The van der Waals surface area contributed by atoms with Crippen molar-refractivity contribution in [3.63, 3.8) is 0 Å². The summed E-state index contributed by atoms with van der Waals surface area (Å²) >= 11 is 7.69. The average Bonchev–Trinajstić information content (AvgIpc) is 2.93. The zero-order chi connectivity index (χ0) is 23.5. The van der Waals surface area contributed by atoms with Gasteiger partial charge in [0.25, 0.3) is 0 Å². The van der Waals surface area contributed by atoms with Gasteiger partial charge in [-0.25, -0.2) is 0 Å². The number of ether oxygens (including phenoxy) is 2. The molecule has 0 saturated heterocycles. The van der Waals surface area contributed by atoms with E-state index in [1.807, 2.05) is 57.4 Å². The molecule has 172 valence electrons. The number of halogens is 1. The van der Waals surface area contributed by atoms with Crippen molar-refractivity contribution >= 4 is 35.0 Å². The summed E-state index contributed by atoms with van der Waals surface area (Å²) in [4.78, 5) is 19.6. The maximum absolute atomic E-state index is 13.4. The molecule has 1 amide bonds. The van der Waals surface area contributed by atoms with Crippen molar-refractivity contribution in [2.45, 2.75) is 51.1 Å². The van der Waals surface area contributed by atoms with E-state index in [2.05, 4.69) is 15.2 Å². The normalized spacial score (nSPS) is 14.8. The molecule has 1 atom stereocenters. The lowest BCUT2D eigenvalue weighted by atomic mass is 10.1. The Labute approximate surface area is 202 Å². The van der Waals surface area contributed by atoms with Crippen LogP contribution in [0.5, 0.6) is 11.6 Å². The number of hydrogen-bond acceptors (Lipinski definition) is 7. The maximum atomic E-state index is 13.4. The summed E-state index contributed by atoms with van der Waals surface area (Å²) in [6.07, 6.45) is 2.25. The van der Waals surface area contributed by atoms with Gasteiger partial charge in [0.1, 0.15) is 5.75 Å². The molecule has 33 heavy (non-hydrogen) atoms. The largest absolute Gasteiger partial charge is 0.491 e. The Morgan fingerprint density at radius 3 is 2.64 bits per heavy atom. The van der Waals surface area contributed by atoms with E-state index in [9.17, 15) is 4.79 Å². The fraction of sp³-hybridized carbons (Fsp3) is 0.333. The second-order valence-corrected chi connectivity index (χ2v) is 9.04. The fourth-order valence-corrected chi connectivity index (χ4v) is 4.10. The average molecular weight is 485 g/mol. The van der Waals surface area contributed by atoms with Crippen LogP contribution in [0.2, 0.25) is 5.02 Å². The van der Waals surface area contributed by atoms with Gasteiger partial charge in [-0.3, -0.25) is 9.69 Å². The van der Waals surface area contributed by atoms with Gasteiger partial charge in [-0.15, -0.1) is 10.2 Å². The Hall–Kier alpha value is -2.84. The standard InChI is InChI=1S/C24H25ClN4O3S/c1-5-6-20(30)29-19-12-9-16(25)13-18(19)21-22(26-24(33-4)28-27-21)32-23(29)15-7-10-17(11-8-15)31-14(2)3/h7-14,23H,5-6H2,1-4H3. The van der Waals surface area contributed by atoms with Crippen LogP contribution in [0.1, 0.15) is 45.4 Å². The summed E-state index contributed by atoms with van der Waals surface area (Å²) in [6, 6.07) is 12.9. The van der Waals surface area contributed by atoms with E-state index in [1.165, 1.54) is 11.8 Å². The molecule has 2 aromatic carbocycles. The summed E-state index contributed by atoms with van der Waals surface area (Å²) in [5, 5.41) is 9.55. The maximum Gasteiger partial charge on any atom is 0.247 e. The van der Waals surface area contributed by atoms with E-state index in [0.717, 1.165) is 11.3 Å². The van der Waals surface area contributed by atoms with Crippen molar-refractivity contribution in [3.05, 3.63) is 53.1 Å². The summed E-state index contributed by atoms with van der Waals surface area (Å²) in [5.41, 5.74) is 2.53. The first-order valence-electron chi connectivity index (χ1n) is 10.7. The van der Waals surface area contributed by atoms with Crippen LogP contribution in [-0.2, 0) is 4.79 Å². The first-order chi connectivity index (χ1) is 15.9. The lowest BCUT2D eigenvalue weighted by Gasteiger charge is -2.31. The highest BCUT2D eigenvalue weighted by molar-refractivity contribution is 7.98. The molecule has 2 heterocycles. The number of thioether (sulfide) groups is 1. The Kier molecular flexibility index (Phi) is 7.05. The second kappa shape index (κ2) is 9.97. The number of nitrogens with zero attached hydrogens (tertiary/aromatic N) is 4. The highest BCUT2D eigenvalue weighted by atomic mass is 35.5. The molecule has 1 aliphatic rings. The van der Waals surface area contributed by atoms with Crippen molar-refractivity contribution in [3.8, 4) is 22.9 Å². The van der Waals surface area contributed by atoms with Crippen LogP contribution in [0.3, 0.4) is 0 Å². The third-order valence-corrected chi connectivity index (χ3v) is 5.79. The number of amides is 1. The van der Waals surface area contributed by atoms with Crippen molar-refractivity contribution in [2.75, 3.05) is 11.2 Å². The SMILES string of the molecule is CCCC(=O)N1c2ccc(Cl)cc2-c2nnc(SC)nc2OC1c1ccc(OC(C)C)cc1. The monoisotopic (exact) mass is 484 g/mol. The molecule has 3 aromatic rings. The summed E-state index contributed by atoms with van der Waals surface area (Å²) in [6.45, 7) is 5.92. The van der Waals surface area contributed by atoms with Crippen molar-refractivity contribution in [1.82, 2.24) is 15.2 Å². The van der Waals surface area contributed by atoms with Gasteiger partial charge in [-0.1, -0.05) is 30.3 Å². The topological polar surface area (TPSA) is 77.4 Å². The highest BCUT2D eigenvalue weighted by Crippen LogP contribution is 2.44. The molecule has 1 aliphatic heterocycles. The van der Waals surface area contributed by atoms with Gasteiger partial charge >= 0.3 is 0 Å². The van der Waals surface area contributed by atoms with Crippen LogP contribution in [0, 0.1) is 0 Å². The second-order valence-electron chi connectivity index (χ2n) is 7.83. The minimum atomic E-state index is -0.746. The zero-order valence-corrected chi connectivity index (χ0v) is 20.5. The summed E-state index contributed by atoms with van der Waals surface area (Å²) in [7, 11) is 0. The van der Waals surface area contributed by atoms with Gasteiger partial charge in [-0.2, -0.15) is 4.98 Å². The van der Waals surface area contributed by atoms with Gasteiger partial charge in [0, 0.05) is 22.6 Å². The smallest absolute Gasteiger partial charge is 0.247 e. The highest BCUT2D eigenvalue weighted by Gasteiger charge is 2.35. The number of benzene rings is 2. The van der Waals surface area contributed by atoms with E-state index in [0.29, 0.717) is 45.8 Å². The van der Waals surface area contributed by atoms with Crippen molar-refractivity contribution in [1.29, 1.82) is 0 Å². The fourth-order valence-electron chi connectivity index (χ4n) is 3.63. The molecule has 4 rings (SSSR count). The number of hydrogen-bond donors (Lipinski definition) is 0. The van der Waals surface area contributed by atoms with Gasteiger partial charge in [0.15, 0.2) is 5.69 Å². The van der Waals surface area contributed by atoms with Crippen LogP contribution in [-0.4, -0.2) is 33.4 Å². The molecule has 0 saturated carbocycles. The molecule has 0 radical (unpaired) electrons. The number of aromatic nitrogens is 3. The molecule has 0 spiro atoms. The number of anilines is 1. The molecule has 7 nitrogen and oxygen atoms in total. The summed E-state index contributed by atoms with van der Waals surface area (Å²) < 4.78 is 12.2. The predicted octanol–water partition coefficient (Wildman–Crippen LogP) is 5.93. The lowest BCUT2D eigenvalue weighted by molar-refractivity contribution is -0.120. The zero-order valence-electron chi connectivity index (χ0n) is 18.9. The van der Waals surface area contributed by atoms with Crippen LogP contribution in [0.15, 0.2) is 47.6 Å². The quantitative estimate of drug-likeness (QED) is 0.401. The van der Waals surface area contributed by atoms with E-state index >= 15 is 0 Å². The van der Waals surface area contributed by atoms with E-state index < -0.39 is 6.23 Å². The molecule has 9 heteroatoms. The third kappa shape index (κ3) is 4.91. The minimum Gasteiger partial charge on any atom is -0.491 e. The van der Waals surface area contributed by atoms with Crippen LogP contribution in [0.25, 0.3) is 11.3 Å². The lowest BCUT2D eigenvalue weighted by Crippen LogP contribution is -2.37. The minimum absolute atomic E-state index is 0.0591. The van der Waals surface area contributed by atoms with Crippen LogP contribution in [0.4, 0.5) is 5.69 Å².